The first-order valence-electron chi connectivity index (χ1n) is 22.8. The maximum atomic E-state index is 14.7. The molecule has 1 unspecified atom stereocenters. The van der Waals surface area contributed by atoms with E-state index in [1.54, 1.807) is 46.4 Å². The highest BCUT2D eigenvalue weighted by Crippen LogP contribution is 2.35. The highest BCUT2D eigenvalue weighted by molar-refractivity contribution is 8.03. The van der Waals surface area contributed by atoms with Gasteiger partial charge in [-0.3, -0.25) is 0 Å². The van der Waals surface area contributed by atoms with Gasteiger partial charge in [0.15, 0.2) is 9.84 Å². The van der Waals surface area contributed by atoms with E-state index in [9.17, 15) is 78.5 Å². The van der Waals surface area contributed by atoms with Gasteiger partial charge in [-0.25, -0.2) is 47.7 Å². The van der Waals surface area contributed by atoms with E-state index in [-0.39, 0.29) is 49.9 Å². The van der Waals surface area contributed by atoms with Crippen LogP contribution in [0.15, 0.2) is 129 Å². The Morgan fingerprint density at radius 3 is 1.20 bits per heavy atom. The van der Waals surface area contributed by atoms with Crippen LogP contribution in [0, 0.1) is 11.8 Å². The number of halogens is 8. The number of nitrogens with zero attached hydrogens (tertiary/aromatic N) is 3. The number of sulfone groups is 2. The number of hydrogen-bond donors (Lipinski definition) is 0. The largest absolute Gasteiger partial charge is 0.444 e. The van der Waals surface area contributed by atoms with Crippen molar-refractivity contribution >= 4 is 51.9 Å². The van der Waals surface area contributed by atoms with Crippen molar-refractivity contribution in [3.05, 3.63) is 120 Å². The number of sulfonamides is 2. The lowest BCUT2D eigenvalue weighted by Gasteiger charge is -2.34. The van der Waals surface area contributed by atoms with Crippen molar-refractivity contribution < 1.29 is 87.9 Å². The third-order valence-electron chi connectivity index (χ3n) is 11.1. The second kappa shape index (κ2) is 25.4. The lowest BCUT2D eigenvalue weighted by atomic mass is 9.98. The van der Waals surface area contributed by atoms with Crippen LogP contribution < -0.4 is 0 Å². The van der Waals surface area contributed by atoms with Crippen molar-refractivity contribution in [1.29, 1.82) is 0 Å². The average molecular weight is 1160 g/mol. The van der Waals surface area contributed by atoms with E-state index in [1.165, 1.54) is 41.3 Å². The third kappa shape index (κ3) is 18.1. The summed E-state index contributed by atoms with van der Waals surface area (Å²) in [4.78, 5) is 25.5. The molecule has 4 aromatic rings. The Kier molecular flexibility index (Phi) is 21.7. The van der Waals surface area contributed by atoms with Crippen LogP contribution in [0.3, 0.4) is 0 Å². The summed E-state index contributed by atoms with van der Waals surface area (Å²) in [5.74, 6) is -1.16. The van der Waals surface area contributed by atoms with Gasteiger partial charge in [-0.15, -0.1) is 4.48 Å². The van der Waals surface area contributed by atoms with Crippen molar-refractivity contribution in [3.8, 4) is 0 Å². The molecule has 0 bridgehead atoms. The maximum absolute atomic E-state index is 14.7. The molecule has 2 aliphatic heterocycles. The molecule has 0 radical (unpaired) electrons. The lowest BCUT2D eigenvalue weighted by molar-refractivity contribution is -0.138. The van der Waals surface area contributed by atoms with Gasteiger partial charge in [-0.1, -0.05) is 43.8 Å². The minimum Gasteiger partial charge on any atom is -0.444 e. The Morgan fingerprint density at radius 2 is 0.868 bits per heavy atom. The van der Waals surface area contributed by atoms with E-state index >= 15 is 0 Å². The molecule has 0 saturated carbocycles. The molecule has 2 fully saturated rings. The van der Waals surface area contributed by atoms with Gasteiger partial charge < -0.3 is 19.3 Å². The molecule has 2 saturated heterocycles. The zero-order chi connectivity index (χ0) is 56.6. The summed E-state index contributed by atoms with van der Waals surface area (Å²) in [6, 6.07) is 19.3. The van der Waals surface area contributed by atoms with Crippen LogP contribution in [0.1, 0.15) is 85.8 Å². The monoisotopic (exact) mass is 1160 g/mol. The molecule has 0 N–H and O–H groups in total. The molecule has 15 nitrogen and oxygen atoms in total. The number of hydrogen-bond acceptors (Lipinski definition) is 12. The van der Waals surface area contributed by atoms with Crippen molar-refractivity contribution in [2.24, 2.45) is 11.8 Å². The average Bonchev–Trinajstić information content (AvgIpc) is 3.33. The third-order valence-corrected chi connectivity index (χ3v) is 18.6. The summed E-state index contributed by atoms with van der Waals surface area (Å²) in [6.07, 6.45) is -8.86. The van der Waals surface area contributed by atoms with Gasteiger partial charge in [0.1, 0.15) is 11.2 Å². The number of ether oxygens (including phenoxy) is 2. The Balaban J connectivity index is 0.000000302. The molecule has 76 heavy (non-hydrogen) atoms. The second-order valence-corrected chi connectivity index (χ2v) is 27.0. The predicted octanol–water partition coefficient (Wildman–Crippen LogP) is 11.1. The number of benzene rings is 4. The molecule has 0 aromatic heterocycles. The van der Waals surface area contributed by atoms with Gasteiger partial charge in [-0.2, -0.15) is 26.3 Å². The highest BCUT2D eigenvalue weighted by atomic mass is 32.3. The molecule has 2 amide bonds. The molecule has 0 spiro atoms. The number of rotatable bonds is 10. The maximum Gasteiger partial charge on any atom is 0.416 e. The number of likely N-dealkylation sites (tertiary alicyclic amines) is 2. The number of carbonyl (C=O) groups is 2. The van der Waals surface area contributed by atoms with E-state index in [0.29, 0.717) is 38.1 Å². The molecular weight excluding hydrogens is 1100 g/mol. The Labute approximate surface area is 439 Å². The van der Waals surface area contributed by atoms with Crippen molar-refractivity contribution in [3.63, 3.8) is 0 Å². The summed E-state index contributed by atoms with van der Waals surface area (Å²) in [7, 11) is -17.7. The zero-order valence-electron chi connectivity index (χ0n) is 41.4. The van der Waals surface area contributed by atoms with Gasteiger partial charge in [0.2, 0.25) is 15.3 Å². The van der Waals surface area contributed by atoms with Gasteiger partial charge in [0.05, 0.1) is 40.4 Å². The standard InChI is InChI=1S/C18H23F4NO4S.C18H24F3NO4S.C12H10FNO4S2.CH4/c1-17(2,3)27-16(24)23-10-8-12(9-11-23)15(19)28(25,26)14-6-4-13(5-7-14)18(20,21)22;1-17(2,3)26-16(23)22-10-8-13(9-11-22)12-27(24,25)15-6-4-14(5-7-15)18(19,20)21;13-14(19(15,16)11-7-3-1-4-8-11)20(17,18)12-9-5-2-6-10-12;/h4-7,12,15H,8-11H2,1-3H3;4-7,13H,8-12H2,1-3H3;1-10H;1H4. The number of amides is 2. The van der Waals surface area contributed by atoms with Crippen molar-refractivity contribution in [2.75, 3.05) is 31.9 Å². The number of alkyl halides is 7. The van der Waals surface area contributed by atoms with Crippen molar-refractivity contribution in [1.82, 2.24) is 13.7 Å². The molecule has 2 heterocycles. The topological polar surface area (TPSA) is 199 Å². The van der Waals surface area contributed by atoms with Gasteiger partial charge >= 0.3 is 24.5 Å². The first-order chi connectivity index (χ1) is 34.4. The summed E-state index contributed by atoms with van der Waals surface area (Å²) < 4.78 is 211. The number of carbonyl (C=O) groups excluding carboxylic acids is 2. The quantitative estimate of drug-likeness (QED) is 0.108. The van der Waals surface area contributed by atoms with Crippen LogP contribution in [-0.2, 0) is 61.5 Å². The molecule has 27 heteroatoms. The van der Waals surface area contributed by atoms with Crippen LogP contribution in [0.4, 0.5) is 44.8 Å². The van der Waals surface area contributed by atoms with Crippen LogP contribution in [0.25, 0.3) is 0 Å². The molecule has 1 atom stereocenters. The SMILES string of the molecule is C.CC(C)(C)OC(=O)N1CCC(C(F)S(=O)(=O)c2ccc(C(F)(F)F)cc2)CC1.CC(C)(C)OC(=O)N1CCC(CS(=O)(=O)c2ccc(C(F)(F)F)cc2)CC1.O=S(=O)(c1ccccc1)N(F)S(=O)(=O)c1ccccc1. The van der Waals surface area contributed by atoms with Crippen LogP contribution in [-0.4, -0.2) is 108 Å². The van der Waals surface area contributed by atoms with E-state index in [2.05, 4.69) is 0 Å². The molecule has 0 aliphatic carbocycles. The summed E-state index contributed by atoms with van der Waals surface area (Å²) in [6.45, 7) is 11.5. The minimum absolute atomic E-state index is 0. The first kappa shape index (κ1) is 64.9. The fraction of sp³-hybridized carbons (Fsp3) is 0.469. The molecule has 4 aromatic carbocycles. The van der Waals surface area contributed by atoms with E-state index in [1.807, 2.05) is 0 Å². The highest BCUT2D eigenvalue weighted by Gasteiger charge is 2.40. The Morgan fingerprint density at radius 1 is 0.539 bits per heavy atom. The normalized spacial score (nSPS) is 16.0. The van der Waals surface area contributed by atoms with Gasteiger partial charge in [0.25, 0.3) is 20.0 Å². The fourth-order valence-corrected chi connectivity index (χ4v) is 13.4. The molecular formula is C49H61F8N3O12S4. The second-order valence-electron chi connectivity index (χ2n) is 19.2. The fourth-order valence-electron chi connectivity index (χ4n) is 7.23. The number of piperidine rings is 2. The lowest BCUT2D eigenvalue weighted by Crippen LogP contribution is -2.44. The molecule has 424 valence electrons. The van der Waals surface area contributed by atoms with Crippen LogP contribution in [0.5, 0.6) is 0 Å². The first-order valence-corrected chi connectivity index (χ1v) is 28.9. The molecule has 2 aliphatic rings. The van der Waals surface area contributed by atoms with Crippen LogP contribution >= 0.6 is 0 Å². The predicted molar refractivity (Wildman–Crippen MR) is 265 cm³/mol. The van der Waals surface area contributed by atoms with Gasteiger partial charge in [0, 0.05) is 32.1 Å². The van der Waals surface area contributed by atoms with Gasteiger partial charge in [-0.05, 0) is 146 Å². The Bertz CT molecular complexity index is 2930. The Hall–Kier alpha value is -5.38. The smallest absolute Gasteiger partial charge is 0.416 e. The summed E-state index contributed by atoms with van der Waals surface area (Å²) in [5.41, 5.74) is -5.42. The van der Waals surface area contributed by atoms with E-state index in [4.69, 9.17) is 9.47 Å². The summed E-state index contributed by atoms with van der Waals surface area (Å²) in [5, 5.41) is 0. The van der Waals surface area contributed by atoms with E-state index < -0.39 is 117 Å². The minimum atomic E-state index is -4.77. The molecule has 6 rings (SSSR count). The van der Waals surface area contributed by atoms with Crippen LogP contribution in [0.2, 0.25) is 0 Å². The summed E-state index contributed by atoms with van der Waals surface area (Å²) >= 11 is 0. The zero-order valence-corrected chi connectivity index (χ0v) is 44.7. The van der Waals surface area contributed by atoms with Crippen molar-refractivity contribution in [2.45, 2.75) is 123 Å². The van der Waals surface area contributed by atoms with E-state index in [0.717, 1.165) is 60.7 Å².